The van der Waals surface area contributed by atoms with Gasteiger partial charge in [-0.2, -0.15) is 0 Å². The Morgan fingerprint density at radius 1 is 1.11 bits per heavy atom. The minimum atomic E-state index is -0.832. The molecule has 7 heteroatoms. The lowest BCUT2D eigenvalue weighted by Crippen LogP contribution is -2.35. The van der Waals surface area contributed by atoms with Gasteiger partial charge in [-0.15, -0.1) is 0 Å². The van der Waals surface area contributed by atoms with E-state index in [4.69, 9.17) is 0 Å². The number of hydrogen-bond acceptors (Lipinski definition) is 4. The lowest BCUT2D eigenvalue weighted by Gasteiger charge is -2.33. The third kappa shape index (κ3) is 5.06. The summed E-state index contributed by atoms with van der Waals surface area (Å²) in [7, 11) is 1.90. The van der Waals surface area contributed by atoms with Crippen molar-refractivity contribution < 1.29 is 14.0 Å². The Morgan fingerprint density at radius 2 is 1.82 bits per heavy atom. The normalized spacial score (nSPS) is 14.4. The Hall–Kier alpha value is -2.96. The van der Waals surface area contributed by atoms with Crippen LogP contribution in [0.15, 0.2) is 42.7 Å². The maximum Gasteiger partial charge on any atom is 0.313 e. The van der Waals surface area contributed by atoms with Crippen LogP contribution in [-0.4, -0.2) is 29.9 Å². The molecule has 0 unspecified atom stereocenters. The van der Waals surface area contributed by atoms with E-state index in [0.29, 0.717) is 11.7 Å². The molecule has 0 aliphatic heterocycles. The molecule has 0 bridgehead atoms. The van der Waals surface area contributed by atoms with E-state index in [1.165, 1.54) is 25.3 Å². The van der Waals surface area contributed by atoms with Crippen molar-refractivity contribution in [2.75, 3.05) is 17.3 Å². The van der Waals surface area contributed by atoms with E-state index in [2.05, 4.69) is 15.6 Å². The fourth-order valence-electron chi connectivity index (χ4n) is 3.49. The van der Waals surface area contributed by atoms with Crippen LogP contribution in [0.25, 0.3) is 0 Å². The largest absolute Gasteiger partial charge is 0.369 e. The summed E-state index contributed by atoms with van der Waals surface area (Å²) in [5, 5.41) is 4.97. The standard InChI is InChI=1S/C21H25FN4O2/c1-26(17-5-3-2-4-6-17)19-8-7-16(13-18(19)22)25-21(28)20(27)24-14-15-9-11-23-12-10-15/h7-13,17H,2-6,14H2,1H3,(H,24,27)(H,25,28). The topological polar surface area (TPSA) is 74.3 Å². The van der Waals surface area contributed by atoms with Gasteiger partial charge in [0, 0.05) is 37.7 Å². The van der Waals surface area contributed by atoms with Gasteiger partial charge in [0.05, 0.1) is 5.69 Å². The minimum absolute atomic E-state index is 0.217. The first kappa shape index (κ1) is 19.8. The lowest BCUT2D eigenvalue weighted by molar-refractivity contribution is -0.136. The number of amides is 2. The number of nitrogens with one attached hydrogen (secondary N) is 2. The molecule has 1 aliphatic carbocycles. The summed E-state index contributed by atoms with van der Waals surface area (Å²) >= 11 is 0. The van der Waals surface area contributed by atoms with Crippen LogP contribution in [0.5, 0.6) is 0 Å². The Balaban J connectivity index is 1.57. The van der Waals surface area contributed by atoms with Crippen molar-refractivity contribution in [2.24, 2.45) is 0 Å². The van der Waals surface area contributed by atoms with Crippen LogP contribution >= 0.6 is 0 Å². The number of aromatic nitrogens is 1. The highest BCUT2D eigenvalue weighted by molar-refractivity contribution is 6.39. The zero-order valence-electron chi connectivity index (χ0n) is 16.0. The Labute approximate surface area is 164 Å². The van der Waals surface area contributed by atoms with Gasteiger partial charge in [0.15, 0.2) is 0 Å². The van der Waals surface area contributed by atoms with Crippen molar-refractivity contribution in [1.29, 1.82) is 0 Å². The number of carbonyl (C=O) groups excluding carboxylic acids is 2. The number of anilines is 2. The van der Waals surface area contributed by atoms with E-state index >= 15 is 0 Å². The molecule has 1 aliphatic rings. The smallest absolute Gasteiger partial charge is 0.313 e. The Bertz CT molecular complexity index is 822. The van der Waals surface area contributed by atoms with Crippen LogP contribution in [0.1, 0.15) is 37.7 Å². The molecule has 148 valence electrons. The van der Waals surface area contributed by atoms with Crippen LogP contribution in [0.3, 0.4) is 0 Å². The second kappa shape index (κ2) is 9.30. The van der Waals surface area contributed by atoms with Gasteiger partial charge >= 0.3 is 11.8 Å². The summed E-state index contributed by atoms with van der Waals surface area (Å²) in [4.78, 5) is 29.9. The highest BCUT2D eigenvalue weighted by atomic mass is 19.1. The van der Waals surface area contributed by atoms with E-state index in [1.807, 2.05) is 11.9 Å². The number of hydrogen-bond donors (Lipinski definition) is 2. The number of rotatable bonds is 5. The molecular weight excluding hydrogens is 359 g/mol. The van der Waals surface area contributed by atoms with Crippen molar-refractivity contribution in [3.05, 3.63) is 54.1 Å². The van der Waals surface area contributed by atoms with Crippen molar-refractivity contribution in [2.45, 2.75) is 44.7 Å². The molecule has 1 aromatic carbocycles. The lowest BCUT2D eigenvalue weighted by atomic mass is 9.94. The zero-order chi connectivity index (χ0) is 19.9. The third-order valence-corrected chi connectivity index (χ3v) is 5.12. The molecule has 1 saturated carbocycles. The Kier molecular flexibility index (Phi) is 6.57. The fraction of sp³-hybridized carbons (Fsp3) is 0.381. The molecule has 2 N–H and O–H groups in total. The van der Waals surface area contributed by atoms with Gasteiger partial charge in [0.2, 0.25) is 0 Å². The molecule has 6 nitrogen and oxygen atoms in total. The number of nitrogens with zero attached hydrogens (tertiary/aromatic N) is 2. The molecule has 0 spiro atoms. The first-order valence-electron chi connectivity index (χ1n) is 9.55. The monoisotopic (exact) mass is 384 g/mol. The molecule has 28 heavy (non-hydrogen) atoms. The number of benzene rings is 1. The molecule has 0 atom stereocenters. The minimum Gasteiger partial charge on any atom is -0.369 e. The van der Waals surface area contributed by atoms with Crippen molar-refractivity contribution >= 4 is 23.2 Å². The average molecular weight is 384 g/mol. The second-order valence-corrected chi connectivity index (χ2v) is 7.06. The van der Waals surface area contributed by atoms with Crippen molar-refractivity contribution in [1.82, 2.24) is 10.3 Å². The molecule has 2 amide bonds. The zero-order valence-corrected chi connectivity index (χ0v) is 16.0. The highest BCUT2D eigenvalue weighted by Gasteiger charge is 2.21. The first-order valence-corrected chi connectivity index (χ1v) is 9.55. The molecule has 3 rings (SSSR count). The molecule has 1 heterocycles. The first-order chi connectivity index (χ1) is 13.5. The van der Waals surface area contributed by atoms with E-state index in [-0.39, 0.29) is 12.2 Å². The van der Waals surface area contributed by atoms with Crippen LogP contribution in [0.4, 0.5) is 15.8 Å². The van der Waals surface area contributed by atoms with Gasteiger partial charge in [-0.05, 0) is 48.7 Å². The van der Waals surface area contributed by atoms with Crippen LogP contribution in [0.2, 0.25) is 0 Å². The van der Waals surface area contributed by atoms with E-state index in [9.17, 15) is 14.0 Å². The summed E-state index contributed by atoms with van der Waals surface area (Å²) < 4.78 is 14.6. The molecular formula is C21H25FN4O2. The van der Waals surface area contributed by atoms with E-state index in [0.717, 1.165) is 18.4 Å². The van der Waals surface area contributed by atoms with Crippen LogP contribution in [-0.2, 0) is 16.1 Å². The third-order valence-electron chi connectivity index (χ3n) is 5.12. The van der Waals surface area contributed by atoms with Gasteiger partial charge in [0.25, 0.3) is 0 Å². The Morgan fingerprint density at radius 3 is 2.50 bits per heavy atom. The predicted octanol–water partition coefficient (Wildman–Crippen LogP) is 3.24. The van der Waals surface area contributed by atoms with Gasteiger partial charge in [-0.25, -0.2) is 4.39 Å². The SMILES string of the molecule is CN(c1ccc(NC(=O)C(=O)NCc2ccncc2)cc1F)C1CCCCC1. The second-order valence-electron chi connectivity index (χ2n) is 7.06. The quantitative estimate of drug-likeness (QED) is 0.776. The molecule has 1 fully saturated rings. The molecule has 0 radical (unpaired) electrons. The van der Waals surface area contributed by atoms with E-state index < -0.39 is 17.6 Å². The maximum atomic E-state index is 14.6. The number of pyridine rings is 1. The summed E-state index contributed by atoms with van der Waals surface area (Å²) in [6.07, 6.45) is 8.91. The molecule has 2 aromatic rings. The van der Waals surface area contributed by atoms with Gasteiger partial charge in [0.1, 0.15) is 5.82 Å². The molecule has 1 aromatic heterocycles. The van der Waals surface area contributed by atoms with Crippen LogP contribution in [0, 0.1) is 5.82 Å². The average Bonchev–Trinajstić information content (AvgIpc) is 2.73. The predicted molar refractivity (Wildman–Crippen MR) is 106 cm³/mol. The van der Waals surface area contributed by atoms with E-state index in [1.54, 1.807) is 36.7 Å². The number of carbonyl (C=O) groups is 2. The van der Waals surface area contributed by atoms with Crippen molar-refractivity contribution in [3.63, 3.8) is 0 Å². The number of halogens is 1. The van der Waals surface area contributed by atoms with Gasteiger partial charge in [-0.1, -0.05) is 19.3 Å². The highest BCUT2D eigenvalue weighted by Crippen LogP contribution is 2.29. The maximum absolute atomic E-state index is 14.6. The summed E-state index contributed by atoms with van der Waals surface area (Å²) in [5.74, 6) is -2.02. The fourth-order valence-corrected chi connectivity index (χ4v) is 3.49. The summed E-state index contributed by atoms with van der Waals surface area (Å²) in [5.41, 5.74) is 1.59. The van der Waals surface area contributed by atoms with Crippen molar-refractivity contribution in [3.8, 4) is 0 Å². The van der Waals surface area contributed by atoms with Gasteiger partial charge < -0.3 is 15.5 Å². The molecule has 0 saturated heterocycles. The van der Waals surface area contributed by atoms with Crippen LogP contribution < -0.4 is 15.5 Å². The summed E-state index contributed by atoms with van der Waals surface area (Å²) in [6.45, 7) is 0.217. The van der Waals surface area contributed by atoms with Gasteiger partial charge in [-0.3, -0.25) is 14.6 Å². The summed E-state index contributed by atoms with van der Waals surface area (Å²) in [6, 6.07) is 8.34.